The van der Waals surface area contributed by atoms with Gasteiger partial charge in [-0.25, -0.2) is 14.6 Å². The van der Waals surface area contributed by atoms with E-state index in [1.807, 2.05) is 32.4 Å². The third-order valence-electron chi connectivity index (χ3n) is 5.14. The minimum absolute atomic E-state index is 0.566. The van der Waals surface area contributed by atoms with E-state index >= 15 is 0 Å². The van der Waals surface area contributed by atoms with Crippen molar-refractivity contribution >= 4 is 40.1 Å². The molecule has 142 valence electrons. The van der Waals surface area contributed by atoms with Gasteiger partial charge in [0.05, 0.1) is 22.3 Å². The molecule has 0 atom stereocenters. The minimum atomic E-state index is 0.566. The zero-order valence-electron chi connectivity index (χ0n) is 15.4. The number of aryl methyl sites for hydroxylation is 2. The maximum atomic E-state index is 6.51. The lowest BCUT2D eigenvalue weighted by atomic mass is 10.0. The third kappa shape index (κ3) is 2.57. The fourth-order valence-corrected chi connectivity index (χ4v) is 4.14. The fourth-order valence-electron chi connectivity index (χ4n) is 3.64. The van der Waals surface area contributed by atoms with Crippen molar-refractivity contribution in [3.63, 3.8) is 0 Å². The zero-order chi connectivity index (χ0) is 19.4. The molecule has 0 N–H and O–H groups in total. The van der Waals surface area contributed by atoms with E-state index in [2.05, 4.69) is 20.0 Å². The molecule has 5 rings (SSSR count). The number of aromatic nitrogens is 6. The van der Waals surface area contributed by atoms with Crippen LogP contribution < -0.4 is 4.90 Å². The maximum absolute atomic E-state index is 6.51. The van der Waals surface area contributed by atoms with Crippen LogP contribution >= 0.6 is 23.2 Å². The summed E-state index contributed by atoms with van der Waals surface area (Å²) >= 11 is 12.6. The molecule has 1 aliphatic heterocycles. The Labute approximate surface area is 171 Å². The largest absolute Gasteiger partial charge is 0.356 e. The van der Waals surface area contributed by atoms with Gasteiger partial charge < -0.3 is 4.90 Å². The first kappa shape index (κ1) is 17.5. The number of hydrogen-bond donors (Lipinski definition) is 0. The first-order valence-corrected chi connectivity index (χ1v) is 9.70. The summed E-state index contributed by atoms with van der Waals surface area (Å²) in [7, 11) is 3.78. The van der Waals surface area contributed by atoms with Gasteiger partial charge in [0.15, 0.2) is 5.65 Å². The van der Waals surface area contributed by atoms with E-state index in [9.17, 15) is 0 Å². The van der Waals surface area contributed by atoms with Crippen molar-refractivity contribution in [1.29, 1.82) is 0 Å². The molecule has 0 unspecified atom stereocenters. The molecule has 9 heteroatoms. The van der Waals surface area contributed by atoms with E-state index in [4.69, 9.17) is 28.3 Å². The highest BCUT2D eigenvalue weighted by Gasteiger charge is 2.26. The van der Waals surface area contributed by atoms with Crippen LogP contribution in [0.4, 0.5) is 5.82 Å². The normalized spacial score (nSPS) is 13.9. The predicted molar refractivity (Wildman–Crippen MR) is 111 cm³/mol. The Kier molecular flexibility index (Phi) is 4.03. The zero-order valence-corrected chi connectivity index (χ0v) is 16.9. The van der Waals surface area contributed by atoms with Crippen LogP contribution in [0.1, 0.15) is 6.42 Å². The lowest BCUT2D eigenvalue weighted by molar-refractivity contribution is 0.611. The Balaban J connectivity index is 1.79. The Hall–Kier alpha value is -2.64. The predicted octanol–water partition coefficient (Wildman–Crippen LogP) is 3.95. The van der Waals surface area contributed by atoms with E-state index in [-0.39, 0.29) is 0 Å². The summed E-state index contributed by atoms with van der Waals surface area (Å²) < 4.78 is 3.59. The lowest BCUT2D eigenvalue weighted by Crippen LogP contribution is -2.37. The summed E-state index contributed by atoms with van der Waals surface area (Å²) in [6, 6.07) is 5.47. The summed E-state index contributed by atoms with van der Waals surface area (Å²) in [6.07, 6.45) is 4.58. The maximum Gasteiger partial charge on any atom is 0.163 e. The summed E-state index contributed by atoms with van der Waals surface area (Å²) in [5.74, 6) is 0.913. The smallest absolute Gasteiger partial charge is 0.163 e. The summed E-state index contributed by atoms with van der Waals surface area (Å²) in [5.41, 5.74) is 4.20. The lowest BCUT2D eigenvalue weighted by Gasteiger charge is -2.32. The molecule has 0 spiro atoms. The van der Waals surface area contributed by atoms with Gasteiger partial charge in [-0.15, -0.1) is 0 Å². The molecule has 0 bridgehead atoms. The minimum Gasteiger partial charge on any atom is -0.356 e. The van der Waals surface area contributed by atoms with E-state index in [0.717, 1.165) is 52.5 Å². The van der Waals surface area contributed by atoms with Crippen LogP contribution in [0.5, 0.6) is 0 Å². The molecule has 28 heavy (non-hydrogen) atoms. The van der Waals surface area contributed by atoms with Crippen LogP contribution in [0, 0.1) is 0 Å². The molecule has 3 aromatic heterocycles. The third-order valence-corrected chi connectivity index (χ3v) is 5.68. The van der Waals surface area contributed by atoms with Gasteiger partial charge in [-0.2, -0.15) is 10.2 Å². The van der Waals surface area contributed by atoms with Gasteiger partial charge in [0.25, 0.3) is 0 Å². The molecular formula is C19H17Cl2N7. The summed E-state index contributed by atoms with van der Waals surface area (Å²) in [4.78, 5) is 11.3. The Morgan fingerprint density at radius 2 is 1.82 bits per heavy atom. The van der Waals surface area contributed by atoms with E-state index in [1.165, 1.54) is 6.42 Å². The SMILES string of the molecule is Cn1ncc(-c2nn(C)c3ncnc(N4CCC4)c23)c1-c1ccc(Cl)cc1Cl. The number of nitrogens with zero attached hydrogens (tertiary/aromatic N) is 7. The van der Waals surface area contributed by atoms with Gasteiger partial charge in [-0.05, 0) is 24.6 Å². The van der Waals surface area contributed by atoms with Crippen molar-refractivity contribution in [2.75, 3.05) is 18.0 Å². The topological polar surface area (TPSA) is 64.7 Å². The van der Waals surface area contributed by atoms with Crippen molar-refractivity contribution in [1.82, 2.24) is 29.5 Å². The van der Waals surface area contributed by atoms with Crippen molar-refractivity contribution in [2.24, 2.45) is 14.1 Å². The summed E-state index contributed by atoms with van der Waals surface area (Å²) in [6.45, 7) is 1.98. The monoisotopic (exact) mass is 413 g/mol. The molecule has 0 saturated carbocycles. The van der Waals surface area contributed by atoms with Crippen molar-refractivity contribution in [3.8, 4) is 22.5 Å². The van der Waals surface area contributed by atoms with Crippen molar-refractivity contribution in [3.05, 3.63) is 40.8 Å². The number of anilines is 1. The molecule has 1 aromatic carbocycles. The number of fused-ring (bicyclic) bond motifs is 1. The quantitative estimate of drug-likeness (QED) is 0.508. The second-order valence-electron chi connectivity index (χ2n) is 6.86. The molecule has 1 fully saturated rings. The highest BCUT2D eigenvalue weighted by atomic mass is 35.5. The van der Waals surface area contributed by atoms with E-state index in [1.54, 1.807) is 21.8 Å². The number of benzene rings is 1. The summed E-state index contributed by atoms with van der Waals surface area (Å²) in [5, 5.41) is 11.3. The van der Waals surface area contributed by atoms with Crippen LogP contribution in [0.15, 0.2) is 30.7 Å². The number of hydrogen-bond acceptors (Lipinski definition) is 5. The molecule has 0 amide bonds. The Bertz CT molecular complexity index is 1210. The first-order valence-electron chi connectivity index (χ1n) is 8.95. The van der Waals surface area contributed by atoms with Crippen molar-refractivity contribution in [2.45, 2.75) is 6.42 Å². The Morgan fingerprint density at radius 1 is 1.00 bits per heavy atom. The van der Waals surface area contributed by atoms with Gasteiger partial charge >= 0.3 is 0 Å². The molecule has 4 aromatic rings. The highest BCUT2D eigenvalue weighted by molar-refractivity contribution is 6.36. The molecule has 0 aliphatic carbocycles. The molecule has 4 heterocycles. The van der Waals surface area contributed by atoms with Crippen LogP contribution in [-0.4, -0.2) is 42.6 Å². The Morgan fingerprint density at radius 3 is 2.54 bits per heavy atom. The first-order chi connectivity index (χ1) is 13.5. The van der Waals surface area contributed by atoms with Gasteiger partial charge in [0.2, 0.25) is 0 Å². The van der Waals surface area contributed by atoms with E-state index in [0.29, 0.717) is 10.0 Å². The van der Waals surface area contributed by atoms with Gasteiger partial charge in [0, 0.05) is 43.3 Å². The molecule has 0 radical (unpaired) electrons. The second-order valence-corrected chi connectivity index (χ2v) is 7.71. The van der Waals surface area contributed by atoms with Crippen LogP contribution in [0.25, 0.3) is 33.5 Å². The second kappa shape index (κ2) is 6.46. The van der Waals surface area contributed by atoms with Crippen LogP contribution in [0.3, 0.4) is 0 Å². The molecular weight excluding hydrogens is 397 g/mol. The average Bonchev–Trinajstić information content (AvgIpc) is 3.15. The highest BCUT2D eigenvalue weighted by Crippen LogP contribution is 2.40. The average molecular weight is 414 g/mol. The van der Waals surface area contributed by atoms with Gasteiger partial charge in [-0.1, -0.05) is 23.2 Å². The standard InChI is InChI=1S/C19H17Cl2N7/c1-26-17(12-5-4-11(20)8-14(12)21)13(9-24-26)16-15-18(27(2)25-16)22-10-23-19(15)28-6-3-7-28/h4-5,8-10H,3,6-7H2,1-2H3. The van der Waals surface area contributed by atoms with E-state index < -0.39 is 0 Å². The van der Waals surface area contributed by atoms with Crippen LogP contribution in [-0.2, 0) is 14.1 Å². The molecule has 1 saturated heterocycles. The molecule has 7 nitrogen and oxygen atoms in total. The van der Waals surface area contributed by atoms with Crippen molar-refractivity contribution < 1.29 is 0 Å². The fraction of sp³-hybridized carbons (Fsp3) is 0.263. The van der Waals surface area contributed by atoms with Crippen LogP contribution in [0.2, 0.25) is 10.0 Å². The van der Waals surface area contributed by atoms with Gasteiger partial charge in [0.1, 0.15) is 17.8 Å². The molecule has 1 aliphatic rings. The number of rotatable bonds is 3. The van der Waals surface area contributed by atoms with Gasteiger partial charge in [-0.3, -0.25) is 4.68 Å². The number of halogens is 2.